The second kappa shape index (κ2) is 8.11. The predicted octanol–water partition coefficient (Wildman–Crippen LogP) is 5.67. The third-order valence-electron chi connectivity index (χ3n) is 5.24. The summed E-state index contributed by atoms with van der Waals surface area (Å²) in [7, 11) is 3.23. The van der Waals surface area contributed by atoms with E-state index < -0.39 is 0 Å². The number of fused-ring (bicyclic) bond motifs is 3. The zero-order valence-corrected chi connectivity index (χ0v) is 17.5. The Morgan fingerprint density at radius 1 is 0.833 bits per heavy atom. The van der Waals surface area contributed by atoms with Crippen molar-refractivity contribution in [3.8, 4) is 17.2 Å². The first-order chi connectivity index (χ1) is 14.5. The molecule has 5 heteroatoms. The minimum atomic E-state index is -0.355. The second-order valence-electron chi connectivity index (χ2n) is 7.49. The van der Waals surface area contributed by atoms with Crippen molar-refractivity contribution >= 4 is 21.7 Å². The molecule has 5 nitrogen and oxygen atoms in total. The summed E-state index contributed by atoms with van der Waals surface area (Å²) in [6.07, 6.45) is 0. The molecule has 0 unspecified atom stereocenters. The molecule has 4 aromatic rings. The van der Waals surface area contributed by atoms with E-state index in [4.69, 9.17) is 18.6 Å². The van der Waals surface area contributed by atoms with E-state index in [1.165, 1.54) is 0 Å². The molecule has 0 N–H and O–H groups in total. The van der Waals surface area contributed by atoms with E-state index in [1.54, 1.807) is 20.3 Å². The fourth-order valence-electron chi connectivity index (χ4n) is 3.47. The Morgan fingerprint density at radius 3 is 2.27 bits per heavy atom. The van der Waals surface area contributed by atoms with E-state index in [2.05, 4.69) is 13.8 Å². The van der Waals surface area contributed by atoms with Crippen LogP contribution < -0.4 is 19.8 Å². The molecule has 0 bridgehead atoms. The van der Waals surface area contributed by atoms with E-state index in [-0.39, 0.29) is 5.63 Å². The van der Waals surface area contributed by atoms with Crippen molar-refractivity contribution in [2.75, 3.05) is 14.2 Å². The van der Waals surface area contributed by atoms with Crippen LogP contribution in [0.4, 0.5) is 0 Å². The highest BCUT2D eigenvalue weighted by atomic mass is 16.5. The third-order valence-corrected chi connectivity index (χ3v) is 5.24. The van der Waals surface area contributed by atoms with E-state index in [0.29, 0.717) is 35.0 Å². The molecule has 0 aliphatic carbocycles. The van der Waals surface area contributed by atoms with Crippen molar-refractivity contribution in [3.05, 3.63) is 76.1 Å². The van der Waals surface area contributed by atoms with Gasteiger partial charge in [-0.2, -0.15) is 0 Å². The molecule has 0 fully saturated rings. The van der Waals surface area contributed by atoms with Gasteiger partial charge >= 0.3 is 5.63 Å². The second-order valence-corrected chi connectivity index (χ2v) is 7.49. The lowest BCUT2D eigenvalue weighted by molar-refractivity contribution is 0.284. The Bertz CT molecular complexity index is 1250. The molecule has 1 heterocycles. The van der Waals surface area contributed by atoms with Crippen LogP contribution in [0.15, 0.2) is 63.8 Å². The molecule has 0 saturated heterocycles. The van der Waals surface area contributed by atoms with Gasteiger partial charge in [0.1, 0.15) is 17.9 Å². The van der Waals surface area contributed by atoms with Gasteiger partial charge in [0.05, 0.1) is 19.6 Å². The Balaban J connectivity index is 1.75. The monoisotopic (exact) mass is 404 g/mol. The van der Waals surface area contributed by atoms with Crippen LogP contribution in [0.25, 0.3) is 21.7 Å². The highest BCUT2D eigenvalue weighted by molar-refractivity contribution is 6.05. The van der Waals surface area contributed by atoms with Crippen molar-refractivity contribution in [2.24, 2.45) is 0 Å². The molecule has 0 radical (unpaired) electrons. The van der Waals surface area contributed by atoms with E-state index in [9.17, 15) is 4.79 Å². The molecule has 0 amide bonds. The first-order valence-corrected chi connectivity index (χ1v) is 9.84. The molecule has 0 spiro atoms. The van der Waals surface area contributed by atoms with Crippen LogP contribution in [0, 0.1) is 0 Å². The summed E-state index contributed by atoms with van der Waals surface area (Å²) in [5.41, 5.74) is 2.20. The van der Waals surface area contributed by atoms with Crippen molar-refractivity contribution in [1.29, 1.82) is 0 Å². The summed E-state index contributed by atoms with van der Waals surface area (Å²) < 4.78 is 22.3. The maximum absolute atomic E-state index is 12.6. The normalized spacial score (nSPS) is 11.2. The Hall–Kier alpha value is -3.47. The molecule has 3 aromatic carbocycles. The lowest BCUT2D eigenvalue weighted by Gasteiger charge is -2.13. The highest BCUT2D eigenvalue weighted by Gasteiger charge is 2.14. The molecule has 30 heavy (non-hydrogen) atoms. The minimum absolute atomic E-state index is 0.327. The summed E-state index contributed by atoms with van der Waals surface area (Å²) in [6, 6.07) is 17.1. The summed E-state index contributed by atoms with van der Waals surface area (Å²) >= 11 is 0. The number of hydrogen-bond donors (Lipinski definition) is 0. The summed E-state index contributed by atoms with van der Waals surface area (Å²) in [4.78, 5) is 12.6. The van der Waals surface area contributed by atoms with Crippen LogP contribution in [0.3, 0.4) is 0 Å². The van der Waals surface area contributed by atoms with Crippen molar-refractivity contribution in [1.82, 2.24) is 0 Å². The van der Waals surface area contributed by atoms with E-state index in [0.717, 1.165) is 27.6 Å². The first kappa shape index (κ1) is 19.8. The maximum atomic E-state index is 12.6. The number of ether oxygens (including phenoxy) is 3. The largest absolute Gasteiger partial charge is 0.497 e. The number of methoxy groups -OCH3 is 2. The highest BCUT2D eigenvalue weighted by Crippen LogP contribution is 2.36. The Labute approximate surface area is 174 Å². The number of hydrogen-bond acceptors (Lipinski definition) is 5. The first-order valence-electron chi connectivity index (χ1n) is 9.84. The van der Waals surface area contributed by atoms with E-state index in [1.807, 2.05) is 48.5 Å². The topological polar surface area (TPSA) is 57.9 Å². The summed E-state index contributed by atoms with van der Waals surface area (Å²) in [5.74, 6) is 2.21. The summed E-state index contributed by atoms with van der Waals surface area (Å²) in [6.45, 7) is 4.54. The van der Waals surface area contributed by atoms with Gasteiger partial charge in [-0.15, -0.1) is 0 Å². The zero-order chi connectivity index (χ0) is 21.3. The van der Waals surface area contributed by atoms with Gasteiger partial charge in [-0.25, -0.2) is 4.79 Å². The predicted molar refractivity (Wildman–Crippen MR) is 118 cm³/mol. The molecule has 154 valence electrons. The minimum Gasteiger partial charge on any atom is -0.497 e. The van der Waals surface area contributed by atoms with Gasteiger partial charge in [0.15, 0.2) is 11.5 Å². The maximum Gasteiger partial charge on any atom is 0.344 e. The van der Waals surface area contributed by atoms with Crippen LogP contribution in [-0.2, 0) is 6.61 Å². The van der Waals surface area contributed by atoms with Gasteiger partial charge in [-0.1, -0.05) is 38.1 Å². The molecule has 1 aromatic heterocycles. The lowest BCUT2D eigenvalue weighted by Crippen LogP contribution is -2.03. The van der Waals surface area contributed by atoms with Crippen LogP contribution in [-0.4, -0.2) is 14.2 Å². The molecule has 0 atom stereocenters. The van der Waals surface area contributed by atoms with Gasteiger partial charge in [-0.05, 0) is 41.3 Å². The van der Waals surface area contributed by atoms with Crippen LogP contribution in [0.2, 0.25) is 0 Å². The molecule has 4 rings (SSSR count). The molecule has 0 aliphatic heterocycles. The molecule has 0 saturated carbocycles. The van der Waals surface area contributed by atoms with Crippen LogP contribution >= 0.6 is 0 Å². The van der Waals surface area contributed by atoms with Gasteiger partial charge in [-0.3, -0.25) is 0 Å². The van der Waals surface area contributed by atoms with Gasteiger partial charge < -0.3 is 18.6 Å². The van der Waals surface area contributed by atoms with Gasteiger partial charge in [0, 0.05) is 16.8 Å². The average Bonchev–Trinajstić information content (AvgIpc) is 2.77. The quantitative estimate of drug-likeness (QED) is 0.306. The standard InChI is InChI=1S/C25H24O5/c1-15(2)17-7-10-19-20-12-23(28-4)24(13-22(20)30-25(26)21(19)11-17)29-14-16-5-8-18(27-3)9-6-16/h5-13,15H,14H2,1-4H3. The summed E-state index contributed by atoms with van der Waals surface area (Å²) in [5, 5.41) is 2.22. The molecular formula is C25H24O5. The fourth-order valence-corrected chi connectivity index (χ4v) is 3.47. The van der Waals surface area contributed by atoms with Crippen LogP contribution in [0.5, 0.6) is 17.2 Å². The van der Waals surface area contributed by atoms with Gasteiger partial charge in [0.2, 0.25) is 0 Å². The lowest BCUT2D eigenvalue weighted by atomic mass is 9.98. The Morgan fingerprint density at radius 2 is 1.60 bits per heavy atom. The van der Waals surface area contributed by atoms with Gasteiger partial charge in [0.25, 0.3) is 0 Å². The van der Waals surface area contributed by atoms with Crippen molar-refractivity contribution < 1.29 is 18.6 Å². The number of benzene rings is 3. The third kappa shape index (κ3) is 3.71. The van der Waals surface area contributed by atoms with Crippen molar-refractivity contribution in [3.63, 3.8) is 0 Å². The molecule has 0 aliphatic rings. The SMILES string of the molecule is COc1ccc(COc2cc3oc(=O)c4cc(C(C)C)ccc4c3cc2OC)cc1. The van der Waals surface area contributed by atoms with E-state index >= 15 is 0 Å². The fraction of sp³-hybridized carbons (Fsp3) is 0.240. The Kier molecular flexibility index (Phi) is 5.36. The zero-order valence-electron chi connectivity index (χ0n) is 17.5. The molecular weight excluding hydrogens is 380 g/mol. The number of rotatable bonds is 6. The average molecular weight is 404 g/mol. The van der Waals surface area contributed by atoms with Crippen LogP contribution in [0.1, 0.15) is 30.9 Å². The smallest absolute Gasteiger partial charge is 0.344 e. The van der Waals surface area contributed by atoms with Crippen molar-refractivity contribution in [2.45, 2.75) is 26.4 Å².